The SMILES string of the molecule is CNCc1sc(S(=O)(=O)NCc2cccnc2)cc1C. The molecule has 2 rings (SSSR count). The highest BCUT2D eigenvalue weighted by Crippen LogP contribution is 2.25. The van der Waals surface area contributed by atoms with Crippen LogP contribution >= 0.6 is 11.3 Å². The molecule has 0 saturated carbocycles. The molecule has 0 aromatic carbocycles. The van der Waals surface area contributed by atoms with E-state index in [1.54, 1.807) is 24.5 Å². The van der Waals surface area contributed by atoms with Gasteiger partial charge >= 0.3 is 0 Å². The van der Waals surface area contributed by atoms with Gasteiger partial charge in [-0.15, -0.1) is 11.3 Å². The first-order valence-corrected chi connectivity index (χ1v) is 8.45. The molecule has 2 heterocycles. The van der Waals surface area contributed by atoms with E-state index in [9.17, 15) is 8.42 Å². The Kier molecular flexibility index (Phi) is 4.87. The molecule has 2 aromatic rings. The molecule has 0 atom stereocenters. The molecule has 0 unspecified atom stereocenters. The molecule has 0 saturated heterocycles. The Labute approximate surface area is 123 Å². The summed E-state index contributed by atoms with van der Waals surface area (Å²) in [5, 5.41) is 3.03. The lowest BCUT2D eigenvalue weighted by atomic mass is 10.3. The summed E-state index contributed by atoms with van der Waals surface area (Å²) in [5.74, 6) is 0. The summed E-state index contributed by atoms with van der Waals surface area (Å²) in [6.45, 7) is 2.84. The number of aryl methyl sites for hydroxylation is 1. The molecule has 108 valence electrons. The third-order valence-corrected chi connectivity index (χ3v) is 5.90. The normalized spacial score (nSPS) is 11.7. The molecule has 0 bridgehead atoms. The standard InChI is InChI=1S/C13H17N3O2S2/c1-10-6-13(19-12(10)9-14-2)20(17,18)16-8-11-4-3-5-15-7-11/h3-7,14,16H,8-9H2,1-2H3. The van der Waals surface area contributed by atoms with Crippen LogP contribution in [0.4, 0.5) is 0 Å². The lowest BCUT2D eigenvalue weighted by Gasteiger charge is -2.04. The van der Waals surface area contributed by atoms with Crippen LogP contribution < -0.4 is 10.0 Å². The third-order valence-electron chi connectivity index (χ3n) is 2.79. The molecule has 0 radical (unpaired) electrons. The lowest BCUT2D eigenvalue weighted by molar-refractivity contribution is 0.583. The zero-order chi connectivity index (χ0) is 14.6. The van der Waals surface area contributed by atoms with Crippen LogP contribution in [0.2, 0.25) is 0 Å². The van der Waals surface area contributed by atoms with Gasteiger partial charge in [0.1, 0.15) is 4.21 Å². The molecule has 7 heteroatoms. The summed E-state index contributed by atoms with van der Waals surface area (Å²) >= 11 is 1.30. The van der Waals surface area contributed by atoms with Crippen molar-refractivity contribution < 1.29 is 8.42 Å². The van der Waals surface area contributed by atoms with Gasteiger partial charge in [-0.25, -0.2) is 13.1 Å². The molecule has 0 aliphatic carbocycles. The fourth-order valence-corrected chi connectivity index (χ4v) is 4.37. The fraction of sp³-hybridized carbons (Fsp3) is 0.308. The van der Waals surface area contributed by atoms with Crippen molar-refractivity contribution in [1.82, 2.24) is 15.0 Å². The molecule has 0 aliphatic heterocycles. The van der Waals surface area contributed by atoms with Crippen molar-refractivity contribution in [1.29, 1.82) is 0 Å². The smallest absolute Gasteiger partial charge is 0.250 e. The first-order valence-electron chi connectivity index (χ1n) is 6.15. The summed E-state index contributed by atoms with van der Waals surface area (Å²) in [5.41, 5.74) is 1.82. The number of pyridine rings is 1. The molecular formula is C13H17N3O2S2. The minimum atomic E-state index is -3.47. The highest BCUT2D eigenvalue weighted by Gasteiger charge is 2.18. The van der Waals surface area contributed by atoms with E-state index in [1.807, 2.05) is 20.0 Å². The Morgan fingerprint density at radius 3 is 2.80 bits per heavy atom. The lowest BCUT2D eigenvalue weighted by Crippen LogP contribution is -2.22. The molecule has 20 heavy (non-hydrogen) atoms. The second-order valence-electron chi connectivity index (χ2n) is 4.39. The van der Waals surface area contributed by atoms with Gasteiger partial charge in [0, 0.05) is 30.4 Å². The average molecular weight is 311 g/mol. The van der Waals surface area contributed by atoms with Crippen molar-refractivity contribution in [2.45, 2.75) is 24.2 Å². The maximum Gasteiger partial charge on any atom is 0.250 e. The minimum absolute atomic E-state index is 0.245. The number of nitrogens with one attached hydrogen (secondary N) is 2. The molecule has 2 aromatic heterocycles. The van der Waals surface area contributed by atoms with Gasteiger partial charge in [0.05, 0.1) is 0 Å². The van der Waals surface area contributed by atoms with Gasteiger partial charge in [0.2, 0.25) is 10.0 Å². The van der Waals surface area contributed by atoms with Crippen molar-refractivity contribution >= 4 is 21.4 Å². The van der Waals surface area contributed by atoms with Gasteiger partial charge < -0.3 is 5.32 Å². The van der Waals surface area contributed by atoms with Crippen molar-refractivity contribution in [3.05, 3.63) is 46.6 Å². The van der Waals surface area contributed by atoms with Crippen LogP contribution in [-0.4, -0.2) is 20.4 Å². The zero-order valence-electron chi connectivity index (χ0n) is 11.4. The fourth-order valence-electron chi connectivity index (χ4n) is 1.71. The molecule has 0 spiro atoms. The number of aromatic nitrogens is 1. The van der Waals surface area contributed by atoms with E-state index < -0.39 is 10.0 Å². The van der Waals surface area contributed by atoms with Crippen molar-refractivity contribution in [2.75, 3.05) is 7.05 Å². The summed E-state index contributed by atoms with van der Waals surface area (Å²) in [6.07, 6.45) is 3.30. The van der Waals surface area contributed by atoms with E-state index in [1.165, 1.54) is 11.3 Å². The van der Waals surface area contributed by atoms with Gasteiger partial charge in [0.15, 0.2) is 0 Å². The first-order chi connectivity index (χ1) is 9.53. The quantitative estimate of drug-likeness (QED) is 0.851. The van der Waals surface area contributed by atoms with Crippen LogP contribution in [0.15, 0.2) is 34.8 Å². The van der Waals surface area contributed by atoms with Crippen LogP contribution in [0.3, 0.4) is 0 Å². The van der Waals surface area contributed by atoms with Crippen LogP contribution in [0.25, 0.3) is 0 Å². The summed E-state index contributed by atoms with van der Waals surface area (Å²) in [7, 11) is -1.62. The van der Waals surface area contributed by atoms with E-state index in [-0.39, 0.29) is 6.54 Å². The summed E-state index contributed by atoms with van der Waals surface area (Å²) in [4.78, 5) is 5.00. The maximum absolute atomic E-state index is 12.2. The number of nitrogens with zero attached hydrogens (tertiary/aromatic N) is 1. The Hall–Kier alpha value is -1.28. The predicted octanol–water partition coefficient (Wildman–Crippen LogP) is 1.65. The van der Waals surface area contributed by atoms with Crippen molar-refractivity contribution in [3.8, 4) is 0 Å². The Balaban J connectivity index is 2.12. The minimum Gasteiger partial charge on any atom is -0.315 e. The zero-order valence-corrected chi connectivity index (χ0v) is 13.0. The largest absolute Gasteiger partial charge is 0.315 e. The molecule has 2 N–H and O–H groups in total. The van der Waals surface area contributed by atoms with E-state index in [2.05, 4.69) is 15.0 Å². The van der Waals surface area contributed by atoms with E-state index in [4.69, 9.17) is 0 Å². The third kappa shape index (κ3) is 3.63. The highest BCUT2D eigenvalue weighted by atomic mass is 32.2. The Bertz CT molecular complexity index is 666. The van der Waals surface area contributed by atoms with Gasteiger partial charge in [0.25, 0.3) is 0 Å². The van der Waals surface area contributed by atoms with Gasteiger partial charge in [-0.05, 0) is 37.2 Å². The number of hydrogen-bond acceptors (Lipinski definition) is 5. The van der Waals surface area contributed by atoms with Gasteiger partial charge in [-0.3, -0.25) is 4.98 Å². The first kappa shape index (κ1) is 15.1. The van der Waals surface area contributed by atoms with Crippen LogP contribution in [-0.2, 0) is 23.1 Å². The second-order valence-corrected chi connectivity index (χ2v) is 7.52. The molecular weight excluding hydrogens is 294 g/mol. The monoisotopic (exact) mass is 311 g/mol. The topological polar surface area (TPSA) is 71.1 Å². The highest BCUT2D eigenvalue weighted by molar-refractivity contribution is 7.91. The van der Waals surface area contributed by atoms with E-state index in [0.717, 1.165) is 16.0 Å². The van der Waals surface area contributed by atoms with Crippen LogP contribution in [0.5, 0.6) is 0 Å². The Morgan fingerprint density at radius 2 is 2.15 bits per heavy atom. The predicted molar refractivity (Wildman–Crippen MR) is 80.1 cm³/mol. The van der Waals surface area contributed by atoms with Crippen molar-refractivity contribution in [3.63, 3.8) is 0 Å². The molecule has 5 nitrogen and oxygen atoms in total. The second kappa shape index (κ2) is 6.45. The molecule has 0 amide bonds. The Morgan fingerprint density at radius 1 is 1.35 bits per heavy atom. The summed E-state index contributed by atoms with van der Waals surface area (Å²) < 4.78 is 27.4. The number of hydrogen-bond donors (Lipinski definition) is 2. The molecule has 0 fully saturated rings. The number of sulfonamides is 1. The van der Waals surface area contributed by atoms with E-state index >= 15 is 0 Å². The maximum atomic E-state index is 12.2. The van der Waals surface area contributed by atoms with Crippen LogP contribution in [0, 0.1) is 6.92 Å². The van der Waals surface area contributed by atoms with Crippen LogP contribution in [0.1, 0.15) is 16.0 Å². The molecule has 0 aliphatic rings. The van der Waals surface area contributed by atoms with Crippen molar-refractivity contribution in [2.24, 2.45) is 0 Å². The summed E-state index contributed by atoms with van der Waals surface area (Å²) in [6, 6.07) is 5.33. The number of thiophene rings is 1. The van der Waals surface area contributed by atoms with Gasteiger partial charge in [-0.2, -0.15) is 0 Å². The average Bonchev–Trinajstić information content (AvgIpc) is 2.81. The number of rotatable bonds is 6. The van der Waals surface area contributed by atoms with Gasteiger partial charge in [-0.1, -0.05) is 6.07 Å². The van der Waals surface area contributed by atoms with E-state index in [0.29, 0.717) is 10.8 Å².